The molecule has 1 aromatic heterocycles. The Bertz CT molecular complexity index is 906. The van der Waals surface area contributed by atoms with E-state index in [4.69, 9.17) is 0 Å². The third-order valence-corrected chi connectivity index (χ3v) is 3.82. The second kappa shape index (κ2) is 8.07. The summed E-state index contributed by atoms with van der Waals surface area (Å²) < 4.78 is 0. The molecule has 5 heteroatoms. The van der Waals surface area contributed by atoms with Crippen LogP contribution in [0.1, 0.15) is 32.1 Å². The fourth-order valence-electron chi connectivity index (χ4n) is 2.38. The highest BCUT2D eigenvalue weighted by Gasteiger charge is 2.12. The minimum Gasteiger partial charge on any atom is -0.347 e. The third-order valence-electron chi connectivity index (χ3n) is 3.82. The van der Waals surface area contributed by atoms with Crippen LogP contribution in [-0.2, 0) is 6.54 Å². The van der Waals surface area contributed by atoms with Gasteiger partial charge in [-0.3, -0.25) is 9.59 Å². The largest absolute Gasteiger partial charge is 0.347 e. The Hall–Kier alpha value is -3.47. The van der Waals surface area contributed by atoms with E-state index in [1.54, 1.807) is 30.3 Å². The van der Waals surface area contributed by atoms with Crippen molar-refractivity contribution in [2.45, 2.75) is 13.5 Å². The Morgan fingerprint density at radius 1 is 0.808 bits per heavy atom. The molecular formula is C21H19N3O2. The lowest BCUT2D eigenvalue weighted by Crippen LogP contribution is -2.25. The minimum absolute atomic E-state index is 0.192. The van der Waals surface area contributed by atoms with Gasteiger partial charge in [-0.1, -0.05) is 54.1 Å². The van der Waals surface area contributed by atoms with Gasteiger partial charge in [0.05, 0.1) is 0 Å². The molecule has 0 aliphatic carbocycles. The molecule has 3 aromatic rings. The second-order valence-corrected chi connectivity index (χ2v) is 5.90. The fourth-order valence-corrected chi connectivity index (χ4v) is 2.38. The van der Waals surface area contributed by atoms with Gasteiger partial charge in [0.2, 0.25) is 0 Å². The van der Waals surface area contributed by atoms with E-state index in [1.807, 2.05) is 49.4 Å². The lowest BCUT2D eigenvalue weighted by molar-refractivity contribution is 0.0945. The number of hydrogen-bond acceptors (Lipinski definition) is 3. The molecule has 2 amide bonds. The van der Waals surface area contributed by atoms with Crippen molar-refractivity contribution in [3.63, 3.8) is 0 Å². The summed E-state index contributed by atoms with van der Waals surface area (Å²) in [4.78, 5) is 28.8. The Labute approximate surface area is 152 Å². The van der Waals surface area contributed by atoms with Crippen molar-refractivity contribution < 1.29 is 9.59 Å². The van der Waals surface area contributed by atoms with Gasteiger partial charge >= 0.3 is 0 Å². The summed E-state index contributed by atoms with van der Waals surface area (Å²) in [5.74, 6) is -0.677. The smallest absolute Gasteiger partial charge is 0.274 e. The highest BCUT2D eigenvalue weighted by molar-refractivity contribution is 6.03. The monoisotopic (exact) mass is 345 g/mol. The molecule has 0 unspecified atom stereocenters. The quantitative estimate of drug-likeness (QED) is 0.742. The van der Waals surface area contributed by atoms with E-state index < -0.39 is 0 Å². The maximum Gasteiger partial charge on any atom is 0.274 e. The summed E-state index contributed by atoms with van der Waals surface area (Å²) in [5.41, 5.74) is 3.24. The Morgan fingerprint density at radius 2 is 1.46 bits per heavy atom. The highest BCUT2D eigenvalue weighted by atomic mass is 16.2. The van der Waals surface area contributed by atoms with Crippen LogP contribution in [0.2, 0.25) is 0 Å². The number of nitrogens with zero attached hydrogens (tertiary/aromatic N) is 1. The second-order valence-electron chi connectivity index (χ2n) is 5.90. The molecule has 0 atom stereocenters. The number of aromatic nitrogens is 1. The molecule has 0 radical (unpaired) electrons. The first-order valence-electron chi connectivity index (χ1n) is 8.29. The van der Waals surface area contributed by atoms with Gasteiger partial charge in [-0.25, -0.2) is 4.98 Å². The van der Waals surface area contributed by atoms with Crippen LogP contribution in [0.5, 0.6) is 0 Å². The Balaban J connectivity index is 1.65. The number of carbonyl (C=O) groups is 2. The first kappa shape index (κ1) is 17.4. The number of para-hydroxylation sites is 1. The molecule has 3 rings (SSSR count). The summed E-state index contributed by atoms with van der Waals surface area (Å²) >= 11 is 0. The Morgan fingerprint density at radius 3 is 2.15 bits per heavy atom. The van der Waals surface area contributed by atoms with Crippen LogP contribution >= 0.6 is 0 Å². The van der Waals surface area contributed by atoms with Crippen LogP contribution in [0, 0.1) is 6.92 Å². The zero-order valence-corrected chi connectivity index (χ0v) is 14.4. The van der Waals surface area contributed by atoms with E-state index in [1.165, 1.54) is 5.56 Å². The lowest BCUT2D eigenvalue weighted by atomic mass is 10.1. The van der Waals surface area contributed by atoms with Crippen molar-refractivity contribution in [2.75, 3.05) is 5.32 Å². The van der Waals surface area contributed by atoms with Crippen LogP contribution in [0.4, 0.5) is 5.69 Å². The molecule has 0 spiro atoms. The molecule has 130 valence electrons. The zero-order chi connectivity index (χ0) is 18.4. The van der Waals surface area contributed by atoms with Gasteiger partial charge in [0.25, 0.3) is 11.8 Å². The molecule has 5 nitrogen and oxygen atoms in total. The van der Waals surface area contributed by atoms with E-state index in [0.29, 0.717) is 12.2 Å². The van der Waals surface area contributed by atoms with Crippen molar-refractivity contribution in [1.82, 2.24) is 10.3 Å². The van der Waals surface area contributed by atoms with Gasteiger partial charge in [0, 0.05) is 12.2 Å². The molecule has 0 bridgehead atoms. The summed E-state index contributed by atoms with van der Waals surface area (Å²) in [6.07, 6.45) is 0. The molecule has 2 N–H and O–H groups in total. The molecule has 0 saturated heterocycles. The summed E-state index contributed by atoms with van der Waals surface area (Å²) in [6, 6.07) is 21.8. The maximum atomic E-state index is 12.3. The van der Waals surface area contributed by atoms with Crippen LogP contribution in [-0.4, -0.2) is 16.8 Å². The number of hydrogen-bond donors (Lipinski definition) is 2. The van der Waals surface area contributed by atoms with Crippen molar-refractivity contribution >= 4 is 17.5 Å². The summed E-state index contributed by atoms with van der Waals surface area (Å²) in [7, 11) is 0. The van der Waals surface area contributed by atoms with E-state index in [2.05, 4.69) is 15.6 Å². The average molecular weight is 345 g/mol. The molecule has 1 heterocycles. The molecule has 26 heavy (non-hydrogen) atoms. The number of nitrogens with one attached hydrogen (secondary N) is 2. The number of rotatable bonds is 5. The number of pyridine rings is 1. The normalized spacial score (nSPS) is 10.2. The fraction of sp³-hybridized carbons (Fsp3) is 0.0952. The number of aryl methyl sites for hydroxylation is 1. The van der Waals surface area contributed by atoms with E-state index in [9.17, 15) is 9.59 Å². The van der Waals surface area contributed by atoms with Crippen LogP contribution in [0.3, 0.4) is 0 Å². The Kier molecular flexibility index (Phi) is 5.39. The summed E-state index contributed by atoms with van der Waals surface area (Å²) in [5, 5.41) is 5.57. The predicted molar refractivity (Wildman–Crippen MR) is 101 cm³/mol. The van der Waals surface area contributed by atoms with Crippen LogP contribution in [0.25, 0.3) is 0 Å². The van der Waals surface area contributed by atoms with Crippen molar-refractivity contribution in [3.8, 4) is 0 Å². The van der Waals surface area contributed by atoms with Crippen molar-refractivity contribution in [3.05, 3.63) is 95.3 Å². The lowest BCUT2D eigenvalue weighted by Gasteiger charge is -2.07. The van der Waals surface area contributed by atoms with E-state index >= 15 is 0 Å². The molecule has 0 fully saturated rings. The first-order valence-corrected chi connectivity index (χ1v) is 8.29. The summed E-state index contributed by atoms with van der Waals surface area (Å²) in [6.45, 7) is 2.42. The van der Waals surface area contributed by atoms with Crippen LogP contribution in [0.15, 0.2) is 72.8 Å². The SMILES string of the molecule is Cc1ccc(CNC(=O)c2cccc(C(=O)Nc3ccccc3)n2)cc1. The van der Waals surface area contributed by atoms with Crippen molar-refractivity contribution in [1.29, 1.82) is 0 Å². The average Bonchev–Trinajstić information content (AvgIpc) is 2.68. The predicted octanol–water partition coefficient (Wildman–Crippen LogP) is 3.57. The highest BCUT2D eigenvalue weighted by Crippen LogP contribution is 2.08. The van der Waals surface area contributed by atoms with Gasteiger partial charge in [-0.2, -0.15) is 0 Å². The van der Waals surface area contributed by atoms with Gasteiger partial charge in [0.15, 0.2) is 0 Å². The van der Waals surface area contributed by atoms with E-state index in [-0.39, 0.29) is 23.2 Å². The molecule has 0 saturated carbocycles. The standard InChI is InChI=1S/C21H19N3O2/c1-15-10-12-16(13-11-15)14-22-20(25)18-8-5-9-19(24-18)21(26)23-17-6-3-2-4-7-17/h2-13H,14H2,1H3,(H,22,25)(H,23,26). The van der Waals surface area contributed by atoms with Gasteiger partial charge in [0.1, 0.15) is 11.4 Å². The number of amides is 2. The molecular weight excluding hydrogens is 326 g/mol. The van der Waals surface area contributed by atoms with Gasteiger partial charge in [-0.15, -0.1) is 0 Å². The third kappa shape index (κ3) is 4.54. The molecule has 0 aliphatic rings. The topological polar surface area (TPSA) is 71.1 Å². The number of carbonyl (C=O) groups excluding carboxylic acids is 2. The molecule has 2 aromatic carbocycles. The van der Waals surface area contributed by atoms with Crippen LogP contribution < -0.4 is 10.6 Å². The van der Waals surface area contributed by atoms with Gasteiger partial charge < -0.3 is 10.6 Å². The zero-order valence-electron chi connectivity index (χ0n) is 14.4. The van der Waals surface area contributed by atoms with Gasteiger partial charge in [-0.05, 0) is 36.8 Å². The van der Waals surface area contributed by atoms with E-state index in [0.717, 1.165) is 5.56 Å². The maximum absolute atomic E-state index is 12.3. The number of benzene rings is 2. The minimum atomic E-state index is -0.357. The first-order chi connectivity index (χ1) is 12.6. The molecule has 0 aliphatic heterocycles. The number of anilines is 1. The van der Waals surface area contributed by atoms with Crippen molar-refractivity contribution in [2.24, 2.45) is 0 Å².